The minimum atomic E-state index is 0.386. The number of hydrogen-bond donors (Lipinski definition) is 2. The number of fused-ring (bicyclic) bond motifs is 1. The van der Waals surface area contributed by atoms with Crippen LogP contribution < -0.4 is 10.6 Å². The second-order valence-corrected chi connectivity index (χ2v) is 4.24. The van der Waals surface area contributed by atoms with Crippen molar-refractivity contribution in [3.63, 3.8) is 0 Å². The number of aryl methyl sites for hydroxylation is 1. The Balaban J connectivity index is 2.22. The Labute approximate surface area is 85.7 Å². The fourth-order valence-electron chi connectivity index (χ4n) is 1.76. The number of anilines is 2. The first-order chi connectivity index (χ1) is 6.70. The van der Waals surface area contributed by atoms with Gasteiger partial charge in [-0.15, -0.1) is 0 Å². The molecule has 1 aromatic carbocycles. The Kier molecular flexibility index (Phi) is 2.36. The van der Waals surface area contributed by atoms with Crippen molar-refractivity contribution in [1.29, 1.82) is 0 Å². The Morgan fingerprint density at radius 2 is 1.93 bits per heavy atom. The molecule has 2 nitrogen and oxygen atoms in total. The summed E-state index contributed by atoms with van der Waals surface area (Å²) in [5.74, 6) is 0.604. The zero-order valence-electron chi connectivity index (χ0n) is 9.09. The lowest BCUT2D eigenvalue weighted by atomic mass is 10.1. The third-order valence-electron chi connectivity index (χ3n) is 2.78. The van der Waals surface area contributed by atoms with E-state index in [1.54, 1.807) is 0 Å². The molecule has 1 unspecified atom stereocenters. The van der Waals surface area contributed by atoms with Crippen LogP contribution >= 0.6 is 0 Å². The van der Waals surface area contributed by atoms with Crippen LogP contribution in [0.25, 0.3) is 0 Å². The van der Waals surface area contributed by atoms with Crippen molar-refractivity contribution in [3.05, 3.63) is 23.8 Å². The molecule has 76 valence electrons. The van der Waals surface area contributed by atoms with Gasteiger partial charge in [-0.2, -0.15) is 0 Å². The van der Waals surface area contributed by atoms with E-state index in [1.165, 1.54) is 16.9 Å². The quantitative estimate of drug-likeness (QED) is 0.749. The molecule has 0 spiro atoms. The summed E-state index contributed by atoms with van der Waals surface area (Å²) in [6, 6.07) is 6.60. The first-order valence-corrected chi connectivity index (χ1v) is 5.36. The van der Waals surface area contributed by atoms with E-state index in [0.717, 1.165) is 6.42 Å². The molecule has 1 heterocycles. The van der Waals surface area contributed by atoms with Crippen LogP contribution in [0.2, 0.25) is 0 Å². The van der Waals surface area contributed by atoms with Gasteiger partial charge in [0.25, 0.3) is 0 Å². The van der Waals surface area contributed by atoms with Crippen molar-refractivity contribution < 1.29 is 0 Å². The fraction of sp³-hybridized carbons (Fsp3) is 0.500. The molecule has 0 radical (unpaired) electrons. The lowest BCUT2D eigenvalue weighted by Gasteiger charge is -2.15. The summed E-state index contributed by atoms with van der Waals surface area (Å²) >= 11 is 0. The molecular formula is C12H18N2. The lowest BCUT2D eigenvalue weighted by Crippen LogP contribution is -2.27. The summed E-state index contributed by atoms with van der Waals surface area (Å²) in [7, 11) is 0. The second kappa shape index (κ2) is 3.52. The molecule has 2 heteroatoms. The van der Waals surface area contributed by atoms with Gasteiger partial charge in [-0.1, -0.05) is 26.8 Å². The van der Waals surface area contributed by atoms with Crippen LogP contribution in [0.4, 0.5) is 11.4 Å². The molecule has 0 amide bonds. The van der Waals surface area contributed by atoms with Gasteiger partial charge >= 0.3 is 0 Å². The molecule has 1 aliphatic heterocycles. The fourth-order valence-corrected chi connectivity index (χ4v) is 1.76. The van der Waals surface area contributed by atoms with Crippen molar-refractivity contribution >= 4 is 11.4 Å². The molecule has 2 rings (SSSR count). The van der Waals surface area contributed by atoms with Gasteiger partial charge < -0.3 is 10.6 Å². The van der Waals surface area contributed by atoms with Crippen LogP contribution in [-0.4, -0.2) is 6.17 Å². The van der Waals surface area contributed by atoms with E-state index in [0.29, 0.717) is 12.1 Å². The van der Waals surface area contributed by atoms with Gasteiger partial charge in [0.15, 0.2) is 0 Å². The smallest absolute Gasteiger partial charge is 0.0988 e. The summed E-state index contributed by atoms with van der Waals surface area (Å²) < 4.78 is 0. The maximum atomic E-state index is 3.50. The third kappa shape index (κ3) is 1.57. The minimum absolute atomic E-state index is 0.386. The highest BCUT2D eigenvalue weighted by atomic mass is 15.2. The van der Waals surface area contributed by atoms with E-state index < -0.39 is 0 Å². The van der Waals surface area contributed by atoms with Crippen LogP contribution in [-0.2, 0) is 6.42 Å². The van der Waals surface area contributed by atoms with Crippen molar-refractivity contribution in [2.24, 2.45) is 5.92 Å². The van der Waals surface area contributed by atoms with Crippen molar-refractivity contribution in [2.45, 2.75) is 33.4 Å². The predicted molar refractivity (Wildman–Crippen MR) is 61.7 cm³/mol. The molecule has 0 aromatic heterocycles. The van der Waals surface area contributed by atoms with E-state index in [2.05, 4.69) is 49.6 Å². The van der Waals surface area contributed by atoms with Crippen molar-refractivity contribution in [1.82, 2.24) is 0 Å². The minimum Gasteiger partial charge on any atom is -0.363 e. The van der Waals surface area contributed by atoms with Crippen LogP contribution in [0.1, 0.15) is 26.3 Å². The van der Waals surface area contributed by atoms with Crippen LogP contribution in [0.15, 0.2) is 18.2 Å². The van der Waals surface area contributed by atoms with E-state index in [-0.39, 0.29) is 0 Å². The topological polar surface area (TPSA) is 24.1 Å². The maximum absolute atomic E-state index is 3.50. The Bertz CT molecular complexity index is 331. The van der Waals surface area contributed by atoms with E-state index in [9.17, 15) is 0 Å². The molecule has 1 atom stereocenters. The summed E-state index contributed by atoms with van der Waals surface area (Å²) in [6.45, 7) is 6.62. The highest BCUT2D eigenvalue weighted by molar-refractivity contribution is 5.75. The Morgan fingerprint density at radius 1 is 1.21 bits per heavy atom. The highest BCUT2D eigenvalue weighted by Crippen LogP contribution is 2.31. The maximum Gasteiger partial charge on any atom is 0.0988 e. The van der Waals surface area contributed by atoms with E-state index >= 15 is 0 Å². The second-order valence-electron chi connectivity index (χ2n) is 4.24. The monoisotopic (exact) mass is 190 g/mol. The average molecular weight is 190 g/mol. The van der Waals surface area contributed by atoms with Gasteiger partial charge in [0.1, 0.15) is 0 Å². The average Bonchev–Trinajstić information content (AvgIpc) is 2.59. The SMILES string of the molecule is CCc1ccc2c(c1)NC(C(C)C)N2. The first kappa shape index (κ1) is 9.38. The molecule has 0 saturated carbocycles. The summed E-state index contributed by atoms with van der Waals surface area (Å²) in [5, 5.41) is 6.97. The van der Waals surface area contributed by atoms with E-state index in [4.69, 9.17) is 0 Å². The van der Waals surface area contributed by atoms with Gasteiger partial charge in [-0.3, -0.25) is 0 Å². The molecule has 2 N–H and O–H groups in total. The summed E-state index contributed by atoms with van der Waals surface area (Å²) in [6.07, 6.45) is 1.48. The van der Waals surface area contributed by atoms with Crippen LogP contribution in [0.5, 0.6) is 0 Å². The third-order valence-corrected chi connectivity index (χ3v) is 2.78. The molecule has 0 saturated heterocycles. The Hall–Kier alpha value is -1.18. The molecule has 0 aliphatic carbocycles. The van der Waals surface area contributed by atoms with Crippen molar-refractivity contribution in [2.75, 3.05) is 10.6 Å². The molecule has 0 fully saturated rings. The summed E-state index contributed by atoms with van der Waals surface area (Å²) in [4.78, 5) is 0. The van der Waals surface area contributed by atoms with Crippen LogP contribution in [0.3, 0.4) is 0 Å². The lowest BCUT2D eigenvalue weighted by molar-refractivity contribution is 0.581. The molecule has 1 aliphatic rings. The number of benzene rings is 1. The molecule has 14 heavy (non-hydrogen) atoms. The number of nitrogens with one attached hydrogen (secondary N) is 2. The zero-order chi connectivity index (χ0) is 10.1. The van der Waals surface area contributed by atoms with Crippen molar-refractivity contribution in [3.8, 4) is 0 Å². The van der Waals surface area contributed by atoms with Gasteiger partial charge in [-0.25, -0.2) is 0 Å². The predicted octanol–water partition coefficient (Wildman–Crippen LogP) is 3.07. The van der Waals surface area contributed by atoms with Gasteiger partial charge in [-0.05, 0) is 30.0 Å². The molecule has 0 bridgehead atoms. The molecular weight excluding hydrogens is 172 g/mol. The normalized spacial score (nSPS) is 19.0. The largest absolute Gasteiger partial charge is 0.363 e. The standard InChI is InChI=1S/C12H18N2/c1-4-9-5-6-10-11(7-9)14-12(13-10)8(2)3/h5-8,12-14H,4H2,1-3H3. The summed E-state index contributed by atoms with van der Waals surface area (Å²) in [5.41, 5.74) is 3.88. The highest BCUT2D eigenvalue weighted by Gasteiger charge is 2.21. The Morgan fingerprint density at radius 3 is 2.57 bits per heavy atom. The van der Waals surface area contributed by atoms with Gasteiger partial charge in [0.05, 0.1) is 17.5 Å². The first-order valence-electron chi connectivity index (χ1n) is 5.36. The zero-order valence-corrected chi connectivity index (χ0v) is 9.09. The number of rotatable bonds is 2. The molecule has 1 aromatic rings. The van der Waals surface area contributed by atoms with E-state index in [1.807, 2.05) is 0 Å². The van der Waals surface area contributed by atoms with Gasteiger partial charge in [0.2, 0.25) is 0 Å². The number of hydrogen-bond acceptors (Lipinski definition) is 2. The van der Waals surface area contributed by atoms with Crippen LogP contribution in [0, 0.1) is 5.92 Å². The van der Waals surface area contributed by atoms with Gasteiger partial charge in [0, 0.05) is 0 Å².